The molecule has 0 unspecified atom stereocenters. The molecule has 2 aromatic rings. The molecule has 2 heterocycles. The van der Waals surface area contributed by atoms with Crippen molar-refractivity contribution in [3.63, 3.8) is 0 Å². The van der Waals surface area contributed by atoms with Gasteiger partial charge in [-0.2, -0.15) is 0 Å². The first-order valence-electron chi connectivity index (χ1n) is 5.65. The van der Waals surface area contributed by atoms with E-state index in [1.54, 1.807) is 11.3 Å². The molecule has 1 saturated carbocycles. The van der Waals surface area contributed by atoms with Gasteiger partial charge in [0.05, 0.1) is 11.0 Å². The summed E-state index contributed by atoms with van der Waals surface area (Å²) in [4.78, 5) is 12.7. The highest BCUT2D eigenvalue weighted by molar-refractivity contribution is 7.27. The Morgan fingerprint density at radius 2 is 2.29 bits per heavy atom. The zero-order chi connectivity index (χ0) is 11.8. The van der Waals surface area contributed by atoms with E-state index in [0.29, 0.717) is 12.5 Å². The van der Waals surface area contributed by atoms with Crippen LogP contribution in [-0.4, -0.2) is 23.7 Å². The minimum absolute atomic E-state index is 0.0137. The second kappa shape index (κ2) is 4.40. The average Bonchev–Trinajstić information content (AvgIpc) is 2.81. The molecule has 0 spiro atoms. The molecule has 3 rings (SSSR count). The monoisotopic (exact) mass is 267 g/mol. The third-order valence-corrected chi connectivity index (χ3v) is 5.22. The summed E-state index contributed by atoms with van der Waals surface area (Å²) < 4.78 is 2.36. The summed E-state index contributed by atoms with van der Waals surface area (Å²) in [6.07, 6.45) is 1.49. The van der Waals surface area contributed by atoms with Crippen LogP contribution in [-0.2, 0) is 0 Å². The van der Waals surface area contributed by atoms with Gasteiger partial charge >= 0.3 is 0 Å². The molecule has 1 aliphatic carbocycles. The fourth-order valence-corrected chi connectivity index (χ4v) is 4.09. The van der Waals surface area contributed by atoms with Gasteiger partial charge in [0.1, 0.15) is 0 Å². The first-order chi connectivity index (χ1) is 8.22. The van der Waals surface area contributed by atoms with Crippen molar-refractivity contribution in [2.45, 2.75) is 18.9 Å². The third kappa shape index (κ3) is 2.22. The lowest BCUT2D eigenvalue weighted by Gasteiger charge is -2.31. The molecule has 1 aliphatic rings. The number of carbonyl (C=O) groups is 1. The van der Waals surface area contributed by atoms with Gasteiger partial charge in [0.2, 0.25) is 0 Å². The summed E-state index contributed by atoms with van der Waals surface area (Å²) in [6, 6.07) is 4.00. The van der Waals surface area contributed by atoms with Crippen molar-refractivity contribution in [1.29, 1.82) is 0 Å². The van der Waals surface area contributed by atoms with E-state index in [4.69, 9.17) is 5.11 Å². The SMILES string of the molecule is O=C(NCC1CC(O)C1)c1cc2sccc2s1. The molecule has 0 aromatic carbocycles. The third-order valence-electron chi connectivity index (χ3n) is 3.13. The highest BCUT2D eigenvalue weighted by Crippen LogP contribution is 2.30. The fraction of sp³-hybridized carbons (Fsp3) is 0.417. The summed E-state index contributed by atoms with van der Waals surface area (Å²) >= 11 is 3.20. The lowest BCUT2D eigenvalue weighted by Crippen LogP contribution is -2.38. The zero-order valence-electron chi connectivity index (χ0n) is 9.18. The van der Waals surface area contributed by atoms with E-state index in [2.05, 4.69) is 5.32 Å². The molecule has 0 bridgehead atoms. The van der Waals surface area contributed by atoms with Gasteiger partial charge in [0, 0.05) is 15.9 Å². The second-order valence-corrected chi connectivity index (χ2v) is 6.49. The van der Waals surface area contributed by atoms with E-state index >= 15 is 0 Å². The predicted octanol–water partition coefficient (Wildman–Crippen LogP) is 2.46. The highest BCUT2D eigenvalue weighted by atomic mass is 32.1. The Bertz CT molecular complexity index is 511. The van der Waals surface area contributed by atoms with Crippen LogP contribution in [0.25, 0.3) is 9.40 Å². The Labute approximate surface area is 107 Å². The number of aliphatic hydroxyl groups is 1. The number of rotatable bonds is 3. The van der Waals surface area contributed by atoms with Gasteiger partial charge < -0.3 is 10.4 Å². The Balaban J connectivity index is 1.60. The van der Waals surface area contributed by atoms with Crippen molar-refractivity contribution in [3.8, 4) is 0 Å². The van der Waals surface area contributed by atoms with Crippen molar-refractivity contribution in [2.75, 3.05) is 6.54 Å². The number of hydrogen-bond donors (Lipinski definition) is 2. The number of thiophene rings is 2. The Kier molecular flexibility index (Phi) is 2.90. The topological polar surface area (TPSA) is 49.3 Å². The van der Waals surface area contributed by atoms with E-state index in [9.17, 15) is 4.79 Å². The number of carbonyl (C=O) groups excluding carboxylic acids is 1. The van der Waals surface area contributed by atoms with Gasteiger partial charge in [0.25, 0.3) is 5.91 Å². The molecule has 1 amide bonds. The van der Waals surface area contributed by atoms with E-state index in [-0.39, 0.29) is 12.0 Å². The molecule has 0 atom stereocenters. The fourth-order valence-electron chi connectivity index (χ4n) is 2.07. The van der Waals surface area contributed by atoms with Gasteiger partial charge in [0.15, 0.2) is 0 Å². The molecule has 90 valence electrons. The van der Waals surface area contributed by atoms with Crippen LogP contribution in [0, 0.1) is 5.92 Å². The molecule has 0 aliphatic heterocycles. The second-order valence-electron chi connectivity index (χ2n) is 4.46. The molecule has 3 nitrogen and oxygen atoms in total. The normalized spacial score (nSPS) is 23.6. The molecule has 1 fully saturated rings. The lowest BCUT2D eigenvalue weighted by molar-refractivity contribution is 0.0420. The molecule has 0 radical (unpaired) electrons. The summed E-state index contributed by atoms with van der Waals surface area (Å²) in [5.74, 6) is 0.467. The Morgan fingerprint density at radius 3 is 3.00 bits per heavy atom. The summed E-state index contributed by atoms with van der Waals surface area (Å²) in [5.41, 5.74) is 0. The van der Waals surface area contributed by atoms with Crippen LogP contribution in [0.5, 0.6) is 0 Å². The van der Waals surface area contributed by atoms with Crippen molar-refractivity contribution < 1.29 is 9.90 Å². The van der Waals surface area contributed by atoms with Gasteiger partial charge in [-0.3, -0.25) is 4.79 Å². The molecular formula is C12H13NO2S2. The minimum Gasteiger partial charge on any atom is -0.393 e. The van der Waals surface area contributed by atoms with Crippen molar-refractivity contribution >= 4 is 38.0 Å². The Hall–Kier alpha value is -0.910. The summed E-state index contributed by atoms with van der Waals surface area (Å²) in [5, 5.41) is 14.1. The van der Waals surface area contributed by atoms with Crippen LogP contribution in [0.4, 0.5) is 0 Å². The van der Waals surface area contributed by atoms with E-state index in [1.807, 2.05) is 17.5 Å². The molecule has 17 heavy (non-hydrogen) atoms. The van der Waals surface area contributed by atoms with Crippen LogP contribution >= 0.6 is 22.7 Å². The van der Waals surface area contributed by atoms with Crippen LogP contribution in [0.1, 0.15) is 22.5 Å². The largest absolute Gasteiger partial charge is 0.393 e. The van der Waals surface area contributed by atoms with Crippen LogP contribution in [0.2, 0.25) is 0 Å². The maximum atomic E-state index is 11.9. The number of hydrogen-bond acceptors (Lipinski definition) is 4. The predicted molar refractivity (Wildman–Crippen MR) is 70.8 cm³/mol. The Morgan fingerprint density at radius 1 is 1.47 bits per heavy atom. The number of aliphatic hydroxyl groups excluding tert-OH is 1. The van der Waals surface area contributed by atoms with E-state index in [0.717, 1.165) is 17.7 Å². The first-order valence-corrected chi connectivity index (χ1v) is 7.35. The number of nitrogens with one attached hydrogen (secondary N) is 1. The average molecular weight is 267 g/mol. The van der Waals surface area contributed by atoms with E-state index < -0.39 is 0 Å². The summed E-state index contributed by atoms with van der Waals surface area (Å²) in [7, 11) is 0. The summed E-state index contributed by atoms with van der Waals surface area (Å²) in [6.45, 7) is 0.682. The smallest absolute Gasteiger partial charge is 0.261 e. The van der Waals surface area contributed by atoms with Gasteiger partial charge in [-0.1, -0.05) is 0 Å². The van der Waals surface area contributed by atoms with Gasteiger partial charge in [-0.15, -0.1) is 22.7 Å². The molecule has 0 saturated heterocycles. The molecule has 2 N–H and O–H groups in total. The maximum absolute atomic E-state index is 11.9. The molecular weight excluding hydrogens is 254 g/mol. The van der Waals surface area contributed by atoms with Crippen molar-refractivity contribution in [2.24, 2.45) is 5.92 Å². The molecule has 2 aromatic heterocycles. The quantitative estimate of drug-likeness (QED) is 0.897. The maximum Gasteiger partial charge on any atom is 0.261 e. The highest BCUT2D eigenvalue weighted by Gasteiger charge is 2.27. The standard InChI is InChI=1S/C12H13NO2S2/c14-8-3-7(4-8)6-13-12(15)11-5-10-9(17-11)1-2-16-10/h1-2,5,7-8,14H,3-4,6H2,(H,13,15). The van der Waals surface area contributed by atoms with Crippen LogP contribution in [0.15, 0.2) is 17.5 Å². The molecule has 5 heteroatoms. The first kappa shape index (κ1) is 11.2. The number of fused-ring (bicyclic) bond motifs is 1. The lowest BCUT2D eigenvalue weighted by atomic mass is 9.82. The van der Waals surface area contributed by atoms with Crippen LogP contribution < -0.4 is 5.32 Å². The zero-order valence-corrected chi connectivity index (χ0v) is 10.8. The van der Waals surface area contributed by atoms with Gasteiger partial charge in [-0.25, -0.2) is 0 Å². The minimum atomic E-state index is -0.149. The van der Waals surface area contributed by atoms with Gasteiger partial charge in [-0.05, 0) is 36.3 Å². The van der Waals surface area contributed by atoms with E-state index in [1.165, 1.54) is 20.7 Å². The van der Waals surface area contributed by atoms with Crippen molar-refractivity contribution in [3.05, 3.63) is 22.4 Å². The van der Waals surface area contributed by atoms with Crippen molar-refractivity contribution in [1.82, 2.24) is 5.32 Å². The number of amides is 1. The van der Waals surface area contributed by atoms with Crippen LogP contribution in [0.3, 0.4) is 0 Å².